The molecule has 1 aromatic rings. The third kappa shape index (κ3) is 3.37. The molecule has 0 aliphatic heterocycles. The molecule has 2 nitrogen and oxygen atoms in total. The minimum Gasteiger partial charge on any atom is -0.273 e. The molecule has 1 saturated carbocycles. The van der Waals surface area contributed by atoms with Crippen LogP contribution in [-0.4, -0.2) is 11.9 Å². The van der Waals surface area contributed by atoms with Gasteiger partial charge >= 0.3 is 0 Å². The third-order valence-electron chi connectivity index (χ3n) is 3.10. The van der Waals surface area contributed by atoms with Gasteiger partial charge in [-0.2, -0.15) is 0 Å². The number of benzene rings is 1. The van der Waals surface area contributed by atoms with Gasteiger partial charge in [0.25, 0.3) is 0 Å². The zero-order valence-electron chi connectivity index (χ0n) is 9.56. The van der Waals surface area contributed by atoms with E-state index in [1.165, 1.54) is 19.3 Å². The van der Waals surface area contributed by atoms with Gasteiger partial charge in [-0.25, -0.2) is 5.32 Å². The van der Waals surface area contributed by atoms with Gasteiger partial charge in [-0.3, -0.25) is 4.79 Å². The first-order valence-electron chi connectivity index (χ1n) is 6.12. The van der Waals surface area contributed by atoms with Crippen molar-refractivity contribution in [3.05, 3.63) is 35.9 Å². The fourth-order valence-corrected chi connectivity index (χ4v) is 2.23. The van der Waals surface area contributed by atoms with Crippen molar-refractivity contribution in [2.45, 2.75) is 44.6 Å². The Labute approximate surface area is 97.1 Å². The standard InChI is InChI=1S/C14H18NO/c16-14(11-12-7-3-1-4-8-12)15-13-9-5-2-6-10-13/h1,3-4,7-8,13H,2,5-6,9-11H2. The lowest BCUT2D eigenvalue weighted by atomic mass is 9.95. The number of carbonyl (C=O) groups excluding carboxylic acids is 1. The highest BCUT2D eigenvalue weighted by atomic mass is 16.1. The molecule has 1 aliphatic rings. The number of amides is 1. The van der Waals surface area contributed by atoms with E-state index in [0.29, 0.717) is 12.5 Å². The topological polar surface area (TPSA) is 31.2 Å². The summed E-state index contributed by atoms with van der Waals surface area (Å²) in [6, 6.07) is 10.1. The van der Waals surface area contributed by atoms with E-state index >= 15 is 0 Å². The number of hydrogen-bond acceptors (Lipinski definition) is 1. The molecule has 85 valence electrons. The molecule has 2 rings (SSSR count). The molecule has 0 heterocycles. The largest absolute Gasteiger partial charge is 0.273 e. The van der Waals surface area contributed by atoms with Crippen molar-refractivity contribution < 1.29 is 4.79 Å². The third-order valence-corrected chi connectivity index (χ3v) is 3.10. The van der Waals surface area contributed by atoms with Crippen LogP contribution in [0.25, 0.3) is 0 Å². The van der Waals surface area contributed by atoms with Gasteiger partial charge in [0.2, 0.25) is 5.91 Å². The number of carbonyl (C=O) groups is 1. The Hall–Kier alpha value is -1.31. The van der Waals surface area contributed by atoms with E-state index in [-0.39, 0.29) is 5.91 Å². The predicted octanol–water partition coefficient (Wildman–Crippen LogP) is 2.69. The first-order chi connectivity index (χ1) is 7.84. The molecule has 2 heteroatoms. The fraction of sp³-hybridized carbons (Fsp3) is 0.500. The van der Waals surface area contributed by atoms with Crippen LogP contribution in [-0.2, 0) is 11.2 Å². The Balaban J connectivity index is 1.80. The lowest BCUT2D eigenvalue weighted by Gasteiger charge is -2.20. The van der Waals surface area contributed by atoms with Gasteiger partial charge in [0.05, 0.1) is 12.5 Å². The van der Waals surface area contributed by atoms with Gasteiger partial charge in [0.1, 0.15) is 0 Å². The van der Waals surface area contributed by atoms with Crippen LogP contribution in [0.5, 0.6) is 0 Å². The lowest BCUT2D eigenvalue weighted by molar-refractivity contribution is -0.121. The maximum Gasteiger partial charge on any atom is 0.245 e. The summed E-state index contributed by atoms with van der Waals surface area (Å²) in [7, 11) is 0. The van der Waals surface area contributed by atoms with Gasteiger partial charge in [-0.05, 0) is 18.4 Å². The lowest BCUT2D eigenvalue weighted by Crippen LogP contribution is -2.30. The second-order valence-electron chi connectivity index (χ2n) is 4.48. The smallest absolute Gasteiger partial charge is 0.245 e. The van der Waals surface area contributed by atoms with Gasteiger partial charge in [0, 0.05) is 0 Å². The maximum atomic E-state index is 11.7. The molecular weight excluding hydrogens is 198 g/mol. The van der Waals surface area contributed by atoms with Crippen LogP contribution >= 0.6 is 0 Å². The first-order valence-corrected chi connectivity index (χ1v) is 6.12. The number of hydrogen-bond donors (Lipinski definition) is 0. The van der Waals surface area contributed by atoms with E-state index in [4.69, 9.17) is 0 Å². The highest BCUT2D eigenvalue weighted by molar-refractivity contribution is 5.78. The van der Waals surface area contributed by atoms with Crippen LogP contribution in [0.2, 0.25) is 0 Å². The molecule has 0 N–H and O–H groups in total. The highest BCUT2D eigenvalue weighted by Crippen LogP contribution is 2.18. The molecule has 0 atom stereocenters. The van der Waals surface area contributed by atoms with E-state index in [9.17, 15) is 4.79 Å². The van der Waals surface area contributed by atoms with E-state index in [1.54, 1.807) is 0 Å². The summed E-state index contributed by atoms with van der Waals surface area (Å²) in [5, 5.41) is 4.29. The molecule has 1 amide bonds. The molecule has 0 unspecified atom stereocenters. The van der Waals surface area contributed by atoms with E-state index < -0.39 is 0 Å². The summed E-state index contributed by atoms with van der Waals surface area (Å²) in [4.78, 5) is 11.7. The van der Waals surface area contributed by atoms with Crippen molar-refractivity contribution in [2.75, 3.05) is 0 Å². The number of nitrogens with zero attached hydrogens (tertiary/aromatic N) is 1. The molecule has 1 fully saturated rings. The van der Waals surface area contributed by atoms with Crippen LogP contribution in [0, 0.1) is 0 Å². The minimum absolute atomic E-state index is 0.0399. The van der Waals surface area contributed by atoms with Gasteiger partial charge < -0.3 is 0 Å². The van der Waals surface area contributed by atoms with Crippen molar-refractivity contribution >= 4 is 5.91 Å². The summed E-state index contributed by atoms with van der Waals surface area (Å²) in [6.45, 7) is 0. The van der Waals surface area contributed by atoms with Crippen molar-refractivity contribution in [1.29, 1.82) is 0 Å². The predicted molar refractivity (Wildman–Crippen MR) is 64.2 cm³/mol. The van der Waals surface area contributed by atoms with Crippen molar-refractivity contribution in [2.24, 2.45) is 0 Å². The van der Waals surface area contributed by atoms with Crippen LogP contribution in [0.1, 0.15) is 37.7 Å². The molecule has 16 heavy (non-hydrogen) atoms. The van der Waals surface area contributed by atoms with Crippen LogP contribution < -0.4 is 5.32 Å². The molecule has 0 spiro atoms. The van der Waals surface area contributed by atoms with Gasteiger partial charge in [-0.1, -0.05) is 49.6 Å². The summed E-state index contributed by atoms with van der Waals surface area (Å²) in [5.41, 5.74) is 1.06. The Morgan fingerprint density at radius 1 is 1.12 bits per heavy atom. The molecule has 1 aromatic carbocycles. The summed E-state index contributed by atoms with van der Waals surface area (Å²) < 4.78 is 0. The Kier molecular flexibility index (Phi) is 3.97. The molecule has 0 bridgehead atoms. The zero-order valence-corrected chi connectivity index (χ0v) is 9.56. The van der Waals surface area contributed by atoms with E-state index in [0.717, 1.165) is 18.4 Å². The summed E-state index contributed by atoms with van der Waals surface area (Å²) >= 11 is 0. The maximum absolute atomic E-state index is 11.7. The number of rotatable bonds is 3. The second-order valence-corrected chi connectivity index (χ2v) is 4.48. The SMILES string of the molecule is O=C(Cc1ccccc1)[N]C1CCCCC1. The molecular formula is C14H18NO. The molecule has 1 aliphatic carbocycles. The Morgan fingerprint density at radius 2 is 1.81 bits per heavy atom. The zero-order chi connectivity index (χ0) is 11.2. The molecule has 0 saturated heterocycles. The van der Waals surface area contributed by atoms with Crippen LogP contribution in [0.4, 0.5) is 0 Å². The highest BCUT2D eigenvalue weighted by Gasteiger charge is 2.17. The summed E-state index contributed by atoms with van der Waals surface area (Å²) in [6.07, 6.45) is 6.41. The fourth-order valence-electron chi connectivity index (χ4n) is 2.23. The van der Waals surface area contributed by atoms with Gasteiger partial charge in [0.15, 0.2) is 0 Å². The van der Waals surface area contributed by atoms with Crippen molar-refractivity contribution in [3.8, 4) is 0 Å². The van der Waals surface area contributed by atoms with Crippen LogP contribution in [0.15, 0.2) is 30.3 Å². The average Bonchev–Trinajstić information content (AvgIpc) is 2.31. The quantitative estimate of drug-likeness (QED) is 0.764. The molecule has 0 aromatic heterocycles. The average molecular weight is 216 g/mol. The second kappa shape index (κ2) is 5.69. The van der Waals surface area contributed by atoms with E-state index in [2.05, 4.69) is 5.32 Å². The van der Waals surface area contributed by atoms with Crippen LogP contribution in [0.3, 0.4) is 0 Å². The monoisotopic (exact) mass is 216 g/mol. The Morgan fingerprint density at radius 3 is 2.50 bits per heavy atom. The minimum atomic E-state index is 0.0399. The molecule has 1 radical (unpaired) electrons. The Bertz CT molecular complexity index is 328. The van der Waals surface area contributed by atoms with Crippen molar-refractivity contribution in [3.63, 3.8) is 0 Å². The van der Waals surface area contributed by atoms with E-state index in [1.807, 2.05) is 30.3 Å². The van der Waals surface area contributed by atoms with Gasteiger partial charge in [-0.15, -0.1) is 0 Å². The normalized spacial score (nSPS) is 17.0. The van der Waals surface area contributed by atoms with Crippen molar-refractivity contribution in [1.82, 2.24) is 5.32 Å². The first kappa shape index (κ1) is 11.2. The summed E-state index contributed by atoms with van der Waals surface area (Å²) in [5.74, 6) is 0.0399.